The largest absolute Gasteiger partial charge is 0.480 e. The maximum atomic E-state index is 11.1. The summed E-state index contributed by atoms with van der Waals surface area (Å²) < 4.78 is 0. The molecule has 0 aromatic heterocycles. The van der Waals surface area contributed by atoms with E-state index in [9.17, 15) is 14.4 Å². The fraction of sp³-hybridized carbons (Fsp3) is 0.571. The van der Waals surface area contributed by atoms with Gasteiger partial charge in [-0.2, -0.15) is 0 Å². The zero-order chi connectivity index (χ0) is 11.3. The highest BCUT2D eigenvalue weighted by atomic mass is 16.4. The summed E-state index contributed by atoms with van der Waals surface area (Å²) in [5, 5.41) is 8.61. The van der Waals surface area contributed by atoms with E-state index >= 15 is 0 Å². The molecule has 0 saturated heterocycles. The summed E-state index contributed by atoms with van der Waals surface area (Å²) in [5.74, 6) is -2.79. The van der Waals surface area contributed by atoms with Gasteiger partial charge >= 0.3 is 5.97 Å². The number of carboxylic acid groups (broad SMARTS) is 1. The predicted octanol–water partition coefficient (Wildman–Crippen LogP) is -2.27. The van der Waals surface area contributed by atoms with Crippen molar-refractivity contribution in [3.05, 3.63) is 0 Å². The van der Waals surface area contributed by atoms with Crippen molar-refractivity contribution < 1.29 is 19.5 Å². The Kier molecular flexibility index (Phi) is 4.74. The molecule has 0 unspecified atom stereocenters. The number of amides is 2. The van der Waals surface area contributed by atoms with Gasteiger partial charge in [-0.3, -0.25) is 14.5 Å². The van der Waals surface area contributed by atoms with Crippen LogP contribution in [0.5, 0.6) is 0 Å². The summed E-state index contributed by atoms with van der Waals surface area (Å²) in [6, 6.07) is -1.25. The molecule has 5 N–H and O–H groups in total. The third-order valence-electron chi connectivity index (χ3n) is 1.63. The number of nitrogens with two attached hydrogens (primary N) is 2. The van der Waals surface area contributed by atoms with Crippen LogP contribution in [0, 0.1) is 0 Å². The molecule has 0 radical (unpaired) electrons. The Morgan fingerprint density at radius 2 is 1.57 bits per heavy atom. The molecule has 0 aliphatic rings. The van der Waals surface area contributed by atoms with Gasteiger partial charge in [0.2, 0.25) is 11.8 Å². The van der Waals surface area contributed by atoms with Crippen molar-refractivity contribution in [2.24, 2.45) is 11.5 Å². The van der Waals surface area contributed by atoms with Crippen LogP contribution >= 0.6 is 0 Å². The molecule has 0 saturated carbocycles. The summed E-state index contributed by atoms with van der Waals surface area (Å²) in [6.07, 6.45) is 0. The lowest BCUT2D eigenvalue weighted by Crippen LogP contribution is -2.51. The first-order valence-electron chi connectivity index (χ1n) is 3.93. The number of imide groups is 1. The normalized spacial score (nSPS) is 11.9. The van der Waals surface area contributed by atoms with E-state index in [0.29, 0.717) is 4.90 Å². The number of aliphatic carboxylic acids is 1. The van der Waals surface area contributed by atoms with E-state index in [2.05, 4.69) is 0 Å². The average Bonchev–Trinajstić information content (AvgIpc) is 2.16. The van der Waals surface area contributed by atoms with Crippen LogP contribution in [-0.2, 0) is 14.4 Å². The second kappa shape index (κ2) is 5.30. The smallest absolute Gasteiger partial charge is 0.326 e. The SMILES string of the molecule is C[C@@H](C(=O)O)N(C(=O)CN)C(=O)CN. The van der Waals surface area contributed by atoms with E-state index in [1.165, 1.54) is 6.92 Å². The van der Waals surface area contributed by atoms with Gasteiger partial charge in [0, 0.05) is 0 Å². The van der Waals surface area contributed by atoms with Crippen molar-refractivity contribution >= 4 is 17.8 Å². The lowest BCUT2D eigenvalue weighted by atomic mass is 10.2. The van der Waals surface area contributed by atoms with Crippen LogP contribution in [0.1, 0.15) is 6.92 Å². The highest BCUT2D eigenvalue weighted by Crippen LogP contribution is 2.00. The van der Waals surface area contributed by atoms with Crippen LogP contribution in [0.15, 0.2) is 0 Å². The third-order valence-corrected chi connectivity index (χ3v) is 1.63. The second-order valence-electron chi connectivity index (χ2n) is 2.58. The fourth-order valence-electron chi connectivity index (χ4n) is 0.878. The second-order valence-corrected chi connectivity index (χ2v) is 2.58. The molecule has 14 heavy (non-hydrogen) atoms. The first-order valence-corrected chi connectivity index (χ1v) is 3.93. The van der Waals surface area contributed by atoms with Crippen LogP contribution in [0.25, 0.3) is 0 Å². The fourth-order valence-corrected chi connectivity index (χ4v) is 0.878. The van der Waals surface area contributed by atoms with E-state index < -0.39 is 36.9 Å². The minimum absolute atomic E-state index is 0.427. The van der Waals surface area contributed by atoms with E-state index in [4.69, 9.17) is 16.6 Å². The van der Waals surface area contributed by atoms with Gasteiger partial charge in [0.25, 0.3) is 0 Å². The topological polar surface area (TPSA) is 127 Å². The number of carbonyl (C=O) groups is 3. The molecule has 0 spiro atoms. The van der Waals surface area contributed by atoms with Crippen LogP contribution in [-0.4, -0.2) is 46.9 Å². The third kappa shape index (κ3) is 2.79. The maximum absolute atomic E-state index is 11.1. The van der Waals surface area contributed by atoms with Gasteiger partial charge in [0.15, 0.2) is 0 Å². The van der Waals surface area contributed by atoms with Gasteiger partial charge in [-0.05, 0) is 6.92 Å². The first-order chi connectivity index (χ1) is 6.45. The molecular weight excluding hydrogens is 190 g/mol. The molecule has 0 heterocycles. The number of carbonyl (C=O) groups excluding carboxylic acids is 2. The van der Waals surface area contributed by atoms with Crippen molar-refractivity contribution in [2.45, 2.75) is 13.0 Å². The molecule has 0 aromatic rings. The highest BCUT2D eigenvalue weighted by molar-refractivity contribution is 6.00. The number of rotatable bonds is 4. The molecule has 2 amide bonds. The van der Waals surface area contributed by atoms with Crippen molar-refractivity contribution in [2.75, 3.05) is 13.1 Å². The lowest BCUT2D eigenvalue weighted by molar-refractivity contribution is -0.156. The standard InChI is InChI=1S/C7H13N3O4/c1-4(7(13)14)10(5(11)2-8)6(12)3-9/h4H,2-3,8-9H2,1H3,(H,13,14)/t4-/m0/s1. The van der Waals surface area contributed by atoms with Gasteiger partial charge in [-0.1, -0.05) is 0 Å². The van der Waals surface area contributed by atoms with E-state index in [1.807, 2.05) is 0 Å². The Morgan fingerprint density at radius 3 is 1.79 bits per heavy atom. The number of nitrogens with zero attached hydrogens (tertiary/aromatic N) is 1. The first kappa shape index (κ1) is 12.5. The van der Waals surface area contributed by atoms with Gasteiger partial charge in [0.05, 0.1) is 13.1 Å². The average molecular weight is 203 g/mol. The molecule has 7 nitrogen and oxygen atoms in total. The quantitative estimate of drug-likeness (QED) is 0.473. The Labute approximate surface area is 80.6 Å². The van der Waals surface area contributed by atoms with Gasteiger partial charge in [-0.15, -0.1) is 0 Å². The van der Waals surface area contributed by atoms with Crippen LogP contribution in [0.4, 0.5) is 0 Å². The Hall–Kier alpha value is -1.47. The van der Waals surface area contributed by atoms with Gasteiger partial charge < -0.3 is 16.6 Å². The number of hydrogen-bond donors (Lipinski definition) is 3. The van der Waals surface area contributed by atoms with Gasteiger partial charge in [0.1, 0.15) is 6.04 Å². The maximum Gasteiger partial charge on any atom is 0.326 e. The molecule has 0 aromatic carbocycles. The summed E-state index contributed by atoms with van der Waals surface area (Å²) >= 11 is 0. The van der Waals surface area contributed by atoms with E-state index in [-0.39, 0.29) is 0 Å². The summed E-state index contributed by atoms with van der Waals surface area (Å²) in [5.41, 5.74) is 10.1. The van der Waals surface area contributed by atoms with Crippen LogP contribution in [0.3, 0.4) is 0 Å². The Balaban J connectivity index is 4.80. The molecule has 7 heteroatoms. The van der Waals surface area contributed by atoms with Crippen molar-refractivity contribution in [1.82, 2.24) is 4.90 Å². The molecule has 0 fully saturated rings. The molecule has 80 valence electrons. The number of hydrogen-bond acceptors (Lipinski definition) is 5. The zero-order valence-electron chi connectivity index (χ0n) is 7.77. The Bertz CT molecular complexity index is 237. The van der Waals surface area contributed by atoms with E-state index in [1.54, 1.807) is 0 Å². The van der Waals surface area contributed by atoms with Crippen LogP contribution in [0.2, 0.25) is 0 Å². The minimum atomic E-state index is -1.28. The summed E-state index contributed by atoms with van der Waals surface area (Å²) in [4.78, 5) is 33.4. The van der Waals surface area contributed by atoms with Crippen molar-refractivity contribution in [3.8, 4) is 0 Å². The van der Waals surface area contributed by atoms with Crippen LogP contribution < -0.4 is 11.5 Å². The zero-order valence-corrected chi connectivity index (χ0v) is 7.77. The van der Waals surface area contributed by atoms with E-state index in [0.717, 1.165) is 0 Å². The van der Waals surface area contributed by atoms with Crippen molar-refractivity contribution in [1.29, 1.82) is 0 Å². The summed E-state index contributed by atoms with van der Waals surface area (Å²) in [7, 11) is 0. The molecular formula is C7H13N3O4. The monoisotopic (exact) mass is 203 g/mol. The lowest BCUT2D eigenvalue weighted by Gasteiger charge is -2.23. The molecule has 0 bridgehead atoms. The molecule has 1 atom stereocenters. The minimum Gasteiger partial charge on any atom is -0.480 e. The number of carboxylic acids is 1. The summed E-state index contributed by atoms with van der Waals surface area (Å²) in [6.45, 7) is 0.357. The molecule has 0 aliphatic carbocycles. The Morgan fingerprint density at radius 1 is 1.21 bits per heavy atom. The molecule has 0 aliphatic heterocycles. The van der Waals surface area contributed by atoms with Crippen molar-refractivity contribution in [3.63, 3.8) is 0 Å². The highest BCUT2D eigenvalue weighted by Gasteiger charge is 2.29. The molecule has 0 rings (SSSR count). The van der Waals surface area contributed by atoms with Gasteiger partial charge in [-0.25, -0.2) is 4.79 Å². The predicted molar refractivity (Wildman–Crippen MR) is 47.1 cm³/mol.